The minimum Gasteiger partial charge on any atom is -0.392 e. The van der Waals surface area contributed by atoms with Crippen LogP contribution < -0.4 is 5.32 Å². The number of benzene rings is 1. The summed E-state index contributed by atoms with van der Waals surface area (Å²) < 4.78 is 13.5. The van der Waals surface area contributed by atoms with Crippen molar-refractivity contribution >= 4 is 5.91 Å². The van der Waals surface area contributed by atoms with E-state index in [4.69, 9.17) is 0 Å². The summed E-state index contributed by atoms with van der Waals surface area (Å²) in [6, 6.07) is 8.37. The summed E-state index contributed by atoms with van der Waals surface area (Å²) in [5.41, 5.74) is -0.000757. The molecule has 0 bridgehead atoms. The van der Waals surface area contributed by atoms with Gasteiger partial charge in [-0.2, -0.15) is 5.26 Å². The highest BCUT2D eigenvalue weighted by Gasteiger charge is 2.37. The summed E-state index contributed by atoms with van der Waals surface area (Å²) in [4.78, 5) is 14.4. The van der Waals surface area contributed by atoms with Crippen molar-refractivity contribution in [3.05, 3.63) is 35.6 Å². The summed E-state index contributed by atoms with van der Waals surface area (Å²) in [5, 5.41) is 22.4. The Hall–Kier alpha value is -1.97. The second-order valence-electron chi connectivity index (χ2n) is 7.19. The number of halogens is 1. The second-order valence-corrected chi connectivity index (χ2v) is 7.19. The fourth-order valence-corrected chi connectivity index (χ4v) is 4.03. The summed E-state index contributed by atoms with van der Waals surface area (Å²) in [7, 11) is 0. The van der Waals surface area contributed by atoms with E-state index in [1.807, 2.05) is 11.0 Å². The molecule has 5 nitrogen and oxygen atoms in total. The monoisotopic (exact) mass is 345 g/mol. The van der Waals surface area contributed by atoms with Crippen LogP contribution in [-0.4, -0.2) is 40.6 Å². The minimum absolute atomic E-state index is 0.0989. The van der Waals surface area contributed by atoms with E-state index in [2.05, 4.69) is 11.4 Å². The molecule has 2 aliphatic rings. The van der Waals surface area contributed by atoms with Gasteiger partial charge in [0.25, 0.3) is 0 Å². The molecule has 2 atom stereocenters. The molecule has 1 aliphatic heterocycles. The third-order valence-electron chi connectivity index (χ3n) is 5.26. The van der Waals surface area contributed by atoms with E-state index in [0.717, 1.165) is 24.8 Å². The highest BCUT2D eigenvalue weighted by molar-refractivity contribution is 5.79. The van der Waals surface area contributed by atoms with Crippen LogP contribution in [-0.2, 0) is 4.79 Å². The molecule has 1 saturated heterocycles. The SMILES string of the molecule is N#CC1(NC(=O)CN2C[C@@H](O)C[C@H]2c2cccc(F)c2)CCCCC1. The molecule has 0 aromatic heterocycles. The molecule has 0 radical (unpaired) electrons. The number of nitriles is 1. The highest BCUT2D eigenvalue weighted by Crippen LogP contribution is 2.32. The predicted octanol–water partition coefficient (Wildman–Crippen LogP) is 2.28. The first-order valence-electron chi connectivity index (χ1n) is 8.91. The van der Waals surface area contributed by atoms with E-state index >= 15 is 0 Å². The number of carbonyl (C=O) groups excluding carboxylic acids is 1. The lowest BCUT2D eigenvalue weighted by Crippen LogP contribution is -2.51. The Morgan fingerprint density at radius 2 is 2.16 bits per heavy atom. The van der Waals surface area contributed by atoms with Crippen LogP contribution in [0.4, 0.5) is 4.39 Å². The molecule has 1 saturated carbocycles. The van der Waals surface area contributed by atoms with Gasteiger partial charge in [0.05, 0.1) is 18.7 Å². The van der Waals surface area contributed by atoms with Crippen LogP contribution in [0.2, 0.25) is 0 Å². The normalized spacial score (nSPS) is 26.1. The number of likely N-dealkylation sites (tertiary alicyclic amines) is 1. The van der Waals surface area contributed by atoms with Crippen LogP contribution in [0.5, 0.6) is 0 Å². The number of hydrogen-bond acceptors (Lipinski definition) is 4. The number of amides is 1. The van der Waals surface area contributed by atoms with Gasteiger partial charge < -0.3 is 10.4 Å². The minimum atomic E-state index is -0.762. The molecule has 0 spiro atoms. The molecule has 1 aliphatic carbocycles. The van der Waals surface area contributed by atoms with Crippen molar-refractivity contribution in [2.24, 2.45) is 0 Å². The molecule has 1 amide bonds. The molecule has 134 valence electrons. The van der Waals surface area contributed by atoms with Gasteiger partial charge in [-0.3, -0.25) is 9.69 Å². The number of β-amino-alcohol motifs (C(OH)–C–C–N with tert-alkyl or cyclic N) is 1. The maximum Gasteiger partial charge on any atom is 0.235 e. The Kier molecular flexibility index (Phi) is 5.36. The van der Waals surface area contributed by atoms with Gasteiger partial charge in [-0.15, -0.1) is 0 Å². The first-order chi connectivity index (χ1) is 12.0. The van der Waals surface area contributed by atoms with Gasteiger partial charge in [-0.05, 0) is 37.0 Å². The third kappa shape index (κ3) is 4.17. The highest BCUT2D eigenvalue weighted by atomic mass is 19.1. The Labute approximate surface area is 147 Å². The summed E-state index contributed by atoms with van der Waals surface area (Å²) in [6.07, 6.45) is 4.29. The van der Waals surface area contributed by atoms with Gasteiger partial charge in [0.2, 0.25) is 5.91 Å². The van der Waals surface area contributed by atoms with Gasteiger partial charge in [-0.1, -0.05) is 31.4 Å². The molecule has 6 heteroatoms. The van der Waals surface area contributed by atoms with Crippen molar-refractivity contribution in [3.63, 3.8) is 0 Å². The number of aliphatic hydroxyl groups is 1. The standard InChI is InChI=1S/C19H24FN3O2/c20-15-6-4-5-14(9-15)17-10-16(24)11-23(17)12-18(25)22-19(13-21)7-2-1-3-8-19/h4-6,9,16-17,24H,1-3,7-8,10-12H2,(H,22,25)/t16-,17-/m0/s1. The molecule has 3 rings (SSSR count). The summed E-state index contributed by atoms with van der Waals surface area (Å²) in [6.45, 7) is 0.468. The average molecular weight is 345 g/mol. The molecular weight excluding hydrogens is 321 g/mol. The van der Waals surface area contributed by atoms with Crippen molar-refractivity contribution in [1.82, 2.24) is 10.2 Å². The molecule has 25 heavy (non-hydrogen) atoms. The van der Waals surface area contributed by atoms with Gasteiger partial charge in [0.1, 0.15) is 11.4 Å². The van der Waals surface area contributed by atoms with Gasteiger partial charge in [-0.25, -0.2) is 4.39 Å². The smallest absolute Gasteiger partial charge is 0.235 e. The third-order valence-corrected chi connectivity index (χ3v) is 5.26. The van der Waals surface area contributed by atoms with Crippen LogP contribution in [0.3, 0.4) is 0 Å². The van der Waals surface area contributed by atoms with Crippen LogP contribution in [0, 0.1) is 17.1 Å². The summed E-state index contributed by atoms with van der Waals surface area (Å²) in [5.74, 6) is -0.534. The Balaban J connectivity index is 1.68. The van der Waals surface area contributed by atoms with Crippen molar-refractivity contribution in [1.29, 1.82) is 5.26 Å². The lowest BCUT2D eigenvalue weighted by Gasteiger charge is -2.33. The predicted molar refractivity (Wildman–Crippen MR) is 90.9 cm³/mol. The molecular formula is C19H24FN3O2. The zero-order valence-electron chi connectivity index (χ0n) is 14.2. The molecule has 1 aromatic carbocycles. The fraction of sp³-hybridized carbons (Fsp3) is 0.579. The molecule has 2 N–H and O–H groups in total. The van der Waals surface area contributed by atoms with Crippen LogP contribution >= 0.6 is 0 Å². The number of carbonyl (C=O) groups is 1. The number of nitrogens with zero attached hydrogens (tertiary/aromatic N) is 2. The average Bonchev–Trinajstić information content (AvgIpc) is 2.96. The maximum absolute atomic E-state index is 13.5. The van der Waals surface area contributed by atoms with E-state index in [9.17, 15) is 19.6 Å². The molecule has 2 fully saturated rings. The maximum atomic E-state index is 13.5. The van der Waals surface area contributed by atoms with Gasteiger partial charge in [0.15, 0.2) is 0 Å². The number of aliphatic hydroxyl groups excluding tert-OH is 1. The zero-order valence-corrected chi connectivity index (χ0v) is 14.2. The van der Waals surface area contributed by atoms with Crippen molar-refractivity contribution in [2.75, 3.05) is 13.1 Å². The number of nitrogens with one attached hydrogen (secondary N) is 1. The van der Waals surface area contributed by atoms with E-state index in [1.165, 1.54) is 12.1 Å². The molecule has 1 heterocycles. The quantitative estimate of drug-likeness (QED) is 0.878. The van der Waals surface area contributed by atoms with Crippen molar-refractivity contribution in [3.8, 4) is 6.07 Å². The van der Waals surface area contributed by atoms with Crippen LogP contribution in [0.1, 0.15) is 50.1 Å². The van der Waals surface area contributed by atoms with E-state index in [-0.39, 0.29) is 24.3 Å². The van der Waals surface area contributed by atoms with E-state index < -0.39 is 11.6 Å². The zero-order chi connectivity index (χ0) is 17.9. The fourth-order valence-electron chi connectivity index (χ4n) is 4.03. The van der Waals surface area contributed by atoms with E-state index in [0.29, 0.717) is 25.8 Å². The first kappa shape index (κ1) is 17.8. The Morgan fingerprint density at radius 3 is 2.84 bits per heavy atom. The molecule has 0 unspecified atom stereocenters. The van der Waals surface area contributed by atoms with E-state index in [1.54, 1.807) is 6.07 Å². The van der Waals surface area contributed by atoms with Crippen LogP contribution in [0.15, 0.2) is 24.3 Å². The van der Waals surface area contributed by atoms with Gasteiger partial charge in [0, 0.05) is 12.6 Å². The van der Waals surface area contributed by atoms with Gasteiger partial charge >= 0.3 is 0 Å². The lowest BCUT2D eigenvalue weighted by atomic mass is 9.83. The second kappa shape index (κ2) is 7.51. The number of rotatable bonds is 4. The Bertz CT molecular complexity index is 667. The Morgan fingerprint density at radius 1 is 1.40 bits per heavy atom. The topological polar surface area (TPSA) is 76.4 Å². The lowest BCUT2D eigenvalue weighted by molar-refractivity contribution is -0.124. The van der Waals surface area contributed by atoms with Crippen molar-refractivity contribution < 1.29 is 14.3 Å². The number of hydrogen-bond donors (Lipinski definition) is 2. The first-order valence-corrected chi connectivity index (χ1v) is 8.91. The largest absolute Gasteiger partial charge is 0.392 e. The van der Waals surface area contributed by atoms with Crippen LogP contribution in [0.25, 0.3) is 0 Å². The van der Waals surface area contributed by atoms with Crippen molar-refractivity contribution in [2.45, 2.75) is 56.2 Å². The summed E-state index contributed by atoms with van der Waals surface area (Å²) >= 11 is 0. The molecule has 1 aromatic rings.